The van der Waals surface area contributed by atoms with E-state index in [0.717, 1.165) is 64.2 Å². The predicted molar refractivity (Wildman–Crippen MR) is 115 cm³/mol. The van der Waals surface area contributed by atoms with Crippen LogP contribution in [0.15, 0.2) is 0 Å². The van der Waals surface area contributed by atoms with Gasteiger partial charge >= 0.3 is 0 Å². The van der Waals surface area contributed by atoms with Crippen molar-refractivity contribution < 1.29 is 24.2 Å². The van der Waals surface area contributed by atoms with Crippen molar-refractivity contribution in [3.05, 3.63) is 0 Å². The highest BCUT2D eigenvalue weighted by Crippen LogP contribution is 2.45. The summed E-state index contributed by atoms with van der Waals surface area (Å²) in [6, 6.07) is 0. The second-order valence-electron chi connectivity index (χ2n) is 8.81. The zero-order valence-corrected chi connectivity index (χ0v) is 18.5. The normalized spacial score (nSPS) is 24.7. The van der Waals surface area contributed by atoms with Gasteiger partial charge in [-0.3, -0.25) is 14.4 Å². The lowest BCUT2D eigenvalue weighted by molar-refractivity contribution is -0.126. The van der Waals surface area contributed by atoms with Gasteiger partial charge in [0.25, 0.3) is 0 Å². The fraction of sp³-hybridized carbons (Fsp3) is 0.870. The van der Waals surface area contributed by atoms with Crippen molar-refractivity contribution in [2.75, 3.05) is 19.7 Å². The van der Waals surface area contributed by atoms with Gasteiger partial charge in [0, 0.05) is 25.3 Å². The van der Waals surface area contributed by atoms with Crippen LogP contribution in [0, 0.1) is 11.8 Å². The van der Waals surface area contributed by atoms with Crippen LogP contribution in [0.3, 0.4) is 0 Å². The van der Waals surface area contributed by atoms with Gasteiger partial charge in [0.05, 0.1) is 18.8 Å². The Morgan fingerprint density at radius 3 is 2.30 bits per heavy atom. The van der Waals surface area contributed by atoms with Gasteiger partial charge < -0.3 is 20.5 Å². The first-order chi connectivity index (χ1) is 14.5. The van der Waals surface area contributed by atoms with E-state index in [1.165, 1.54) is 0 Å². The summed E-state index contributed by atoms with van der Waals surface area (Å²) in [6.45, 7) is 2.41. The largest absolute Gasteiger partial charge is 0.389 e. The summed E-state index contributed by atoms with van der Waals surface area (Å²) in [6.07, 6.45) is 11.8. The number of hydrogen-bond donors (Lipinski definition) is 3. The van der Waals surface area contributed by atoms with E-state index in [0.29, 0.717) is 37.3 Å². The number of unbranched alkanes of at least 4 members (excludes halogenated alkanes) is 5. The highest BCUT2D eigenvalue weighted by atomic mass is 16.5. The molecule has 2 aliphatic heterocycles. The summed E-state index contributed by atoms with van der Waals surface area (Å²) in [5.41, 5.74) is 0. The summed E-state index contributed by atoms with van der Waals surface area (Å²) in [4.78, 5) is 35.0. The molecular weight excluding hydrogens is 384 g/mol. The average Bonchev–Trinajstić information content (AvgIpc) is 3.35. The minimum absolute atomic E-state index is 0.0455. The number of nitrogens with one attached hydrogen (secondary N) is 2. The monoisotopic (exact) mass is 424 g/mol. The van der Waals surface area contributed by atoms with Gasteiger partial charge in [-0.1, -0.05) is 39.0 Å². The van der Waals surface area contributed by atoms with Gasteiger partial charge in [0.2, 0.25) is 11.8 Å². The third-order valence-electron chi connectivity index (χ3n) is 6.50. The molecule has 2 aliphatic rings. The fourth-order valence-corrected chi connectivity index (χ4v) is 4.79. The van der Waals surface area contributed by atoms with Crippen molar-refractivity contribution in [1.82, 2.24) is 10.6 Å². The molecular formula is C23H40N2O5. The molecule has 3 N–H and O–H groups in total. The number of carbonyl (C=O) groups is 3. The molecule has 2 heterocycles. The van der Waals surface area contributed by atoms with Crippen LogP contribution in [0.5, 0.6) is 0 Å². The van der Waals surface area contributed by atoms with E-state index in [1.54, 1.807) is 0 Å². The quantitative estimate of drug-likeness (QED) is 0.330. The first kappa shape index (κ1) is 24.8. The number of fused-ring (bicyclic) bond motifs is 2. The van der Waals surface area contributed by atoms with E-state index in [-0.39, 0.29) is 36.9 Å². The Balaban J connectivity index is 1.63. The Morgan fingerprint density at radius 1 is 0.867 bits per heavy atom. The zero-order valence-electron chi connectivity index (χ0n) is 18.5. The van der Waals surface area contributed by atoms with E-state index >= 15 is 0 Å². The SMILES string of the molecule is CCCCCC(=O)NCC(=O)NCC1C2CCC(O2)C1CCCCCCC(=O)CO. The van der Waals surface area contributed by atoms with E-state index in [9.17, 15) is 14.4 Å². The topological polar surface area (TPSA) is 105 Å². The Hall–Kier alpha value is -1.47. The maximum atomic E-state index is 12.1. The number of carbonyl (C=O) groups excluding carboxylic acids is 3. The minimum Gasteiger partial charge on any atom is -0.389 e. The molecule has 4 atom stereocenters. The highest BCUT2D eigenvalue weighted by Gasteiger charge is 2.48. The molecule has 2 fully saturated rings. The number of hydrogen-bond acceptors (Lipinski definition) is 5. The van der Waals surface area contributed by atoms with Crippen molar-refractivity contribution in [2.24, 2.45) is 11.8 Å². The molecule has 30 heavy (non-hydrogen) atoms. The van der Waals surface area contributed by atoms with Crippen molar-refractivity contribution in [1.29, 1.82) is 0 Å². The highest BCUT2D eigenvalue weighted by molar-refractivity contribution is 5.84. The first-order valence-corrected chi connectivity index (χ1v) is 11.9. The molecule has 2 saturated heterocycles. The van der Waals surface area contributed by atoms with Gasteiger partial charge in [-0.2, -0.15) is 0 Å². The van der Waals surface area contributed by atoms with Crippen LogP contribution in [-0.4, -0.2) is 54.6 Å². The molecule has 0 spiro atoms. The maximum absolute atomic E-state index is 12.1. The number of amides is 2. The Labute approximate surface area is 180 Å². The van der Waals surface area contributed by atoms with Crippen LogP contribution in [-0.2, 0) is 19.1 Å². The first-order valence-electron chi connectivity index (χ1n) is 11.9. The molecule has 0 aromatic carbocycles. The molecule has 0 aromatic heterocycles. The van der Waals surface area contributed by atoms with Crippen LogP contribution in [0.2, 0.25) is 0 Å². The van der Waals surface area contributed by atoms with Gasteiger partial charge in [0.15, 0.2) is 5.78 Å². The Morgan fingerprint density at radius 2 is 1.57 bits per heavy atom. The molecule has 0 aliphatic carbocycles. The van der Waals surface area contributed by atoms with E-state index < -0.39 is 0 Å². The smallest absolute Gasteiger partial charge is 0.239 e. The summed E-state index contributed by atoms with van der Waals surface area (Å²) in [5, 5.41) is 14.5. The van der Waals surface area contributed by atoms with Crippen LogP contribution in [0.25, 0.3) is 0 Å². The lowest BCUT2D eigenvalue weighted by Gasteiger charge is -2.28. The second-order valence-corrected chi connectivity index (χ2v) is 8.81. The summed E-state index contributed by atoms with van der Waals surface area (Å²) >= 11 is 0. The number of Topliss-reactive ketones (excluding diaryl/α,β-unsaturated/α-hetero) is 1. The van der Waals surface area contributed by atoms with Gasteiger partial charge in [0.1, 0.15) is 6.61 Å². The second kappa shape index (κ2) is 13.8. The lowest BCUT2D eigenvalue weighted by atomic mass is 9.76. The molecule has 7 heteroatoms. The fourth-order valence-electron chi connectivity index (χ4n) is 4.79. The molecule has 2 amide bonds. The summed E-state index contributed by atoms with van der Waals surface area (Å²) in [5.74, 6) is 0.564. The number of ether oxygens (including phenoxy) is 1. The molecule has 0 saturated carbocycles. The molecule has 2 bridgehead atoms. The number of rotatable bonds is 16. The van der Waals surface area contributed by atoms with Gasteiger partial charge in [-0.05, 0) is 38.0 Å². The van der Waals surface area contributed by atoms with Crippen LogP contribution >= 0.6 is 0 Å². The predicted octanol–water partition coefficient (Wildman–Crippen LogP) is 2.49. The molecule has 0 radical (unpaired) electrons. The molecule has 172 valence electrons. The Kier molecular flexibility index (Phi) is 11.4. The van der Waals surface area contributed by atoms with Crippen LogP contribution in [0.1, 0.15) is 84.0 Å². The zero-order chi connectivity index (χ0) is 21.8. The van der Waals surface area contributed by atoms with Crippen molar-refractivity contribution in [2.45, 2.75) is 96.2 Å². The van der Waals surface area contributed by atoms with Crippen LogP contribution in [0.4, 0.5) is 0 Å². The third-order valence-corrected chi connectivity index (χ3v) is 6.50. The van der Waals surface area contributed by atoms with Crippen molar-refractivity contribution in [3.63, 3.8) is 0 Å². The molecule has 2 rings (SSSR count). The van der Waals surface area contributed by atoms with Gasteiger partial charge in [-0.25, -0.2) is 0 Å². The molecule has 0 aromatic rings. The standard InChI is InChI=1S/C23H40N2O5/c1-2-3-6-11-22(28)25-15-23(29)24-14-19-18(20-12-13-21(19)30-20)10-8-5-4-7-9-17(27)16-26/h18-21,26H,2-16H2,1H3,(H,24,29)(H,25,28). The Bertz CT molecular complexity index is 554. The van der Waals surface area contributed by atoms with E-state index in [2.05, 4.69) is 17.6 Å². The average molecular weight is 425 g/mol. The number of aliphatic hydroxyl groups is 1. The van der Waals surface area contributed by atoms with E-state index in [1.807, 2.05) is 0 Å². The molecule has 7 nitrogen and oxygen atoms in total. The van der Waals surface area contributed by atoms with Crippen molar-refractivity contribution in [3.8, 4) is 0 Å². The molecule has 4 unspecified atom stereocenters. The van der Waals surface area contributed by atoms with Crippen molar-refractivity contribution >= 4 is 17.6 Å². The number of ketones is 1. The summed E-state index contributed by atoms with van der Waals surface area (Å²) < 4.78 is 6.11. The lowest BCUT2D eigenvalue weighted by Crippen LogP contribution is -2.42. The number of aliphatic hydroxyl groups excluding tert-OH is 1. The van der Waals surface area contributed by atoms with Gasteiger partial charge in [-0.15, -0.1) is 0 Å². The van der Waals surface area contributed by atoms with E-state index in [4.69, 9.17) is 9.84 Å². The third kappa shape index (κ3) is 8.34. The minimum atomic E-state index is -0.349. The summed E-state index contributed by atoms with van der Waals surface area (Å²) in [7, 11) is 0. The maximum Gasteiger partial charge on any atom is 0.239 e. The van der Waals surface area contributed by atoms with Crippen LogP contribution < -0.4 is 10.6 Å².